The number of aliphatic carboxylic acids is 3. The summed E-state index contributed by atoms with van der Waals surface area (Å²) in [7, 11) is 0. The van der Waals surface area contributed by atoms with Crippen molar-refractivity contribution in [3.63, 3.8) is 0 Å². The lowest BCUT2D eigenvalue weighted by atomic mass is 9.94. The zero-order valence-corrected chi connectivity index (χ0v) is 21.8. The van der Waals surface area contributed by atoms with Gasteiger partial charge in [-0.3, -0.25) is 14.4 Å². The topological polar surface area (TPSA) is 112 Å². The molecule has 0 aliphatic rings. The van der Waals surface area contributed by atoms with E-state index >= 15 is 0 Å². The summed E-state index contributed by atoms with van der Waals surface area (Å²) in [6.07, 6.45) is -5.10. The Balaban J connectivity index is -0.000000455. The molecule has 0 radical (unpaired) electrons. The first-order valence-electron chi connectivity index (χ1n) is 12.0. The van der Waals surface area contributed by atoms with Crippen molar-refractivity contribution in [2.45, 2.75) is 117 Å². The predicted octanol–water partition coefficient (Wildman–Crippen LogP) is 6.90. The highest BCUT2D eigenvalue weighted by atomic mass is 19.3. The van der Waals surface area contributed by atoms with Crippen LogP contribution in [0.4, 0.5) is 26.3 Å². The van der Waals surface area contributed by atoms with E-state index in [9.17, 15) is 40.7 Å². The molecule has 0 spiro atoms. The Bertz CT molecular complexity index is 616. The normalized spacial score (nSPS) is 17.0. The number of alkyl halides is 6. The van der Waals surface area contributed by atoms with Gasteiger partial charge in [0.2, 0.25) is 0 Å². The second-order valence-corrected chi connectivity index (χ2v) is 8.75. The van der Waals surface area contributed by atoms with Gasteiger partial charge in [-0.1, -0.05) is 27.2 Å². The maximum absolute atomic E-state index is 12.9. The summed E-state index contributed by atoms with van der Waals surface area (Å²) in [5, 5.41) is 25.5. The van der Waals surface area contributed by atoms with Crippen molar-refractivity contribution in [2.75, 3.05) is 0 Å². The molecular weight excluding hydrogens is 498 g/mol. The molecule has 0 saturated carbocycles. The van der Waals surface area contributed by atoms with Crippen LogP contribution in [0, 0.1) is 17.8 Å². The Kier molecular flexibility index (Phi) is 21.5. The molecule has 3 unspecified atom stereocenters. The van der Waals surface area contributed by atoms with E-state index in [0.717, 1.165) is 13.3 Å². The van der Waals surface area contributed by atoms with E-state index in [-0.39, 0.29) is 19.3 Å². The molecule has 216 valence electrons. The Morgan fingerprint density at radius 1 is 0.722 bits per heavy atom. The van der Waals surface area contributed by atoms with Crippen LogP contribution in [0.15, 0.2) is 0 Å². The van der Waals surface area contributed by atoms with Crippen molar-refractivity contribution < 1.29 is 56.0 Å². The van der Waals surface area contributed by atoms with Gasteiger partial charge in [0.25, 0.3) is 5.92 Å². The van der Waals surface area contributed by atoms with Gasteiger partial charge in [-0.05, 0) is 52.9 Å². The number of carboxylic acid groups (broad SMARTS) is 3. The molecule has 0 aromatic heterocycles. The highest BCUT2D eigenvalue weighted by Crippen LogP contribution is 2.32. The molecule has 6 nitrogen and oxygen atoms in total. The van der Waals surface area contributed by atoms with Gasteiger partial charge in [-0.25, -0.2) is 26.3 Å². The number of halogens is 6. The van der Waals surface area contributed by atoms with Crippen LogP contribution in [0.1, 0.15) is 86.5 Å². The van der Waals surface area contributed by atoms with Crippen molar-refractivity contribution in [3.05, 3.63) is 0 Å². The van der Waals surface area contributed by atoms with E-state index < -0.39 is 79.1 Å². The second-order valence-electron chi connectivity index (χ2n) is 8.75. The van der Waals surface area contributed by atoms with Crippen molar-refractivity contribution in [2.24, 2.45) is 17.8 Å². The minimum atomic E-state index is -3.33. The van der Waals surface area contributed by atoms with Crippen LogP contribution >= 0.6 is 0 Å². The molecule has 0 aromatic carbocycles. The molecule has 3 N–H and O–H groups in total. The summed E-state index contributed by atoms with van der Waals surface area (Å²) >= 11 is 0. The van der Waals surface area contributed by atoms with E-state index in [4.69, 9.17) is 15.3 Å². The van der Waals surface area contributed by atoms with Gasteiger partial charge in [0, 0.05) is 6.42 Å². The third kappa shape index (κ3) is 19.2. The predicted molar refractivity (Wildman–Crippen MR) is 124 cm³/mol. The summed E-state index contributed by atoms with van der Waals surface area (Å²) in [5.41, 5.74) is 0. The van der Waals surface area contributed by atoms with Crippen LogP contribution in [0.25, 0.3) is 0 Å². The summed E-state index contributed by atoms with van der Waals surface area (Å²) in [6, 6.07) is 0. The monoisotopic (exact) mass is 540 g/mol. The average molecular weight is 541 g/mol. The molecule has 0 aliphatic carbocycles. The van der Waals surface area contributed by atoms with Crippen LogP contribution in [0.5, 0.6) is 0 Å². The molecule has 0 bridgehead atoms. The van der Waals surface area contributed by atoms with Crippen molar-refractivity contribution >= 4 is 17.9 Å². The Labute approximate surface area is 209 Å². The van der Waals surface area contributed by atoms with E-state index in [1.807, 2.05) is 6.92 Å². The molecule has 0 saturated heterocycles. The highest BCUT2D eigenvalue weighted by molar-refractivity contribution is 5.71. The third-order valence-corrected chi connectivity index (χ3v) is 5.16. The lowest BCUT2D eigenvalue weighted by Crippen LogP contribution is -2.35. The SMILES string of the molecule is CCC(F)(F)C(C[C@@H](C)F)C(=O)O.CCCC(C[C@@H](C)F)C(=O)O.CC[C@@H](F)C(C[C@@H](C)F)C(=O)O. The number of hydrogen-bond acceptors (Lipinski definition) is 3. The van der Waals surface area contributed by atoms with E-state index in [1.54, 1.807) is 6.92 Å². The highest BCUT2D eigenvalue weighted by Gasteiger charge is 2.43. The molecular formula is C24H42F6O6. The average Bonchev–Trinajstić information content (AvgIpc) is 2.74. The summed E-state index contributed by atoms with van der Waals surface area (Å²) < 4.78 is 75.8. The molecule has 0 aliphatic heterocycles. The number of carboxylic acids is 3. The van der Waals surface area contributed by atoms with Crippen molar-refractivity contribution in [3.8, 4) is 0 Å². The third-order valence-electron chi connectivity index (χ3n) is 5.16. The van der Waals surface area contributed by atoms with Crippen molar-refractivity contribution in [1.29, 1.82) is 0 Å². The largest absolute Gasteiger partial charge is 0.481 e. The summed E-state index contributed by atoms with van der Waals surface area (Å²) in [6.45, 7) is 8.33. The van der Waals surface area contributed by atoms with Gasteiger partial charge < -0.3 is 15.3 Å². The van der Waals surface area contributed by atoms with Gasteiger partial charge in [0.1, 0.15) is 12.1 Å². The number of carbonyl (C=O) groups is 3. The number of rotatable bonds is 15. The van der Waals surface area contributed by atoms with Gasteiger partial charge in [-0.15, -0.1) is 0 Å². The lowest BCUT2D eigenvalue weighted by Gasteiger charge is -2.22. The first-order valence-corrected chi connectivity index (χ1v) is 12.0. The fourth-order valence-electron chi connectivity index (χ4n) is 3.15. The first kappa shape index (κ1) is 38.5. The maximum atomic E-state index is 12.9. The standard InChI is InChI=1S/C8H13F3O2.C8H14F2O2.C8H15FO2/c1-3-8(10,11)6(7(12)13)4-5(2)9;1-3-7(10)6(8(11)12)4-5(2)9;1-3-4-7(8(10)11)5-6(2)9/h5-6H,3-4H2,1-2H3,(H,12,13);5-7H,3-4H2,1-2H3,(H,11,12);6-7H,3-5H2,1-2H3,(H,10,11)/t5-,6?;5-,6?,7-;6-,7?/m111/s1. The van der Waals surface area contributed by atoms with Gasteiger partial charge in [0.15, 0.2) is 0 Å². The smallest absolute Gasteiger partial charge is 0.312 e. The quantitative estimate of drug-likeness (QED) is 0.195. The fourth-order valence-corrected chi connectivity index (χ4v) is 3.15. The van der Waals surface area contributed by atoms with Gasteiger partial charge in [0.05, 0.1) is 30.4 Å². The Hall–Kier alpha value is -2.01. The molecule has 12 heteroatoms. The van der Waals surface area contributed by atoms with E-state index in [2.05, 4.69) is 0 Å². The zero-order chi connectivity index (χ0) is 29.2. The van der Waals surface area contributed by atoms with Gasteiger partial charge >= 0.3 is 17.9 Å². The van der Waals surface area contributed by atoms with Crippen LogP contribution in [-0.4, -0.2) is 63.8 Å². The Morgan fingerprint density at radius 2 is 1.17 bits per heavy atom. The van der Waals surface area contributed by atoms with Crippen molar-refractivity contribution in [1.82, 2.24) is 0 Å². The maximum Gasteiger partial charge on any atom is 0.312 e. The zero-order valence-electron chi connectivity index (χ0n) is 21.8. The van der Waals surface area contributed by atoms with Crippen LogP contribution in [0.3, 0.4) is 0 Å². The Morgan fingerprint density at radius 3 is 1.42 bits per heavy atom. The van der Waals surface area contributed by atoms with Gasteiger partial charge in [-0.2, -0.15) is 0 Å². The van der Waals surface area contributed by atoms with E-state index in [1.165, 1.54) is 20.8 Å². The van der Waals surface area contributed by atoms with Crippen LogP contribution in [-0.2, 0) is 14.4 Å². The molecule has 0 amide bonds. The second kappa shape index (κ2) is 20.1. The lowest BCUT2D eigenvalue weighted by molar-refractivity contribution is -0.159. The summed E-state index contributed by atoms with van der Waals surface area (Å²) in [4.78, 5) is 31.3. The molecule has 0 heterocycles. The minimum Gasteiger partial charge on any atom is -0.481 e. The molecule has 7 atom stereocenters. The van der Waals surface area contributed by atoms with Crippen LogP contribution in [0.2, 0.25) is 0 Å². The fraction of sp³-hybridized carbons (Fsp3) is 0.875. The molecule has 0 rings (SSSR count). The van der Waals surface area contributed by atoms with E-state index in [0.29, 0.717) is 6.42 Å². The first-order chi connectivity index (χ1) is 16.4. The van der Waals surface area contributed by atoms with Crippen LogP contribution < -0.4 is 0 Å². The summed E-state index contributed by atoms with van der Waals surface area (Å²) in [5.74, 6) is -10.7. The molecule has 36 heavy (non-hydrogen) atoms. The minimum absolute atomic E-state index is 0.115. The number of hydrogen-bond donors (Lipinski definition) is 3. The molecule has 0 fully saturated rings. The molecule has 0 aromatic rings.